The van der Waals surface area contributed by atoms with Crippen molar-refractivity contribution in [3.05, 3.63) is 48.6 Å². The van der Waals surface area contributed by atoms with Gasteiger partial charge in [0.25, 0.3) is 0 Å². The summed E-state index contributed by atoms with van der Waals surface area (Å²) in [6, 6.07) is 4.30. The van der Waals surface area contributed by atoms with E-state index in [4.69, 9.17) is 10.5 Å². The Balaban J connectivity index is 2.23. The molecule has 0 unspecified atom stereocenters. The van der Waals surface area contributed by atoms with Crippen molar-refractivity contribution in [2.24, 2.45) is 0 Å². The Morgan fingerprint density at radius 3 is 2.85 bits per heavy atom. The Morgan fingerprint density at radius 1 is 1.38 bits per heavy atom. The summed E-state index contributed by atoms with van der Waals surface area (Å²) in [5.41, 5.74) is 7.54. The molecular formula is C18H20F2N4O2. The quantitative estimate of drug-likeness (QED) is 0.730. The molecule has 0 aliphatic rings. The topological polar surface area (TPSA) is 81.3 Å². The standard InChI is InChI=1S/C18H20F2N4O2/c1-3-15(25)24(7-6-19)8-9-26-17-16(22-11-23-18(17)21)14-10-13(20)5-4-12(14)2/h3-5,10-11H,1,6-9H2,2H3,(H2,21,22,23). The predicted octanol–water partition coefficient (Wildman–Crippen LogP) is 2.54. The van der Waals surface area contributed by atoms with E-state index < -0.39 is 18.4 Å². The first kappa shape index (κ1) is 19.3. The molecule has 1 amide bonds. The molecule has 0 aliphatic carbocycles. The van der Waals surface area contributed by atoms with Gasteiger partial charge in [0.2, 0.25) is 5.91 Å². The van der Waals surface area contributed by atoms with Crippen molar-refractivity contribution in [1.29, 1.82) is 0 Å². The number of carbonyl (C=O) groups is 1. The van der Waals surface area contributed by atoms with Gasteiger partial charge in [0, 0.05) is 12.1 Å². The van der Waals surface area contributed by atoms with Crippen molar-refractivity contribution in [2.75, 3.05) is 32.1 Å². The molecule has 2 rings (SSSR count). The molecule has 1 aromatic carbocycles. The molecule has 0 saturated heterocycles. The minimum Gasteiger partial charge on any atom is -0.486 e. The van der Waals surface area contributed by atoms with Crippen LogP contribution in [0.2, 0.25) is 0 Å². The number of nitrogens with zero attached hydrogens (tertiary/aromatic N) is 3. The molecule has 0 atom stereocenters. The molecule has 2 N–H and O–H groups in total. The summed E-state index contributed by atoms with van der Waals surface area (Å²) in [5.74, 6) is -0.539. The predicted molar refractivity (Wildman–Crippen MR) is 94.8 cm³/mol. The van der Waals surface area contributed by atoms with Gasteiger partial charge in [-0.3, -0.25) is 4.79 Å². The van der Waals surface area contributed by atoms with E-state index in [1.807, 2.05) is 6.92 Å². The molecule has 0 radical (unpaired) electrons. The fourth-order valence-corrected chi connectivity index (χ4v) is 2.39. The van der Waals surface area contributed by atoms with Gasteiger partial charge < -0.3 is 15.4 Å². The molecule has 1 aromatic heterocycles. The molecule has 26 heavy (non-hydrogen) atoms. The number of halogens is 2. The molecule has 0 saturated carbocycles. The fourth-order valence-electron chi connectivity index (χ4n) is 2.39. The summed E-state index contributed by atoms with van der Waals surface area (Å²) in [6.07, 6.45) is 2.37. The van der Waals surface area contributed by atoms with E-state index in [2.05, 4.69) is 16.5 Å². The van der Waals surface area contributed by atoms with Crippen molar-refractivity contribution in [3.8, 4) is 17.0 Å². The Hall–Kier alpha value is -3.03. The highest BCUT2D eigenvalue weighted by Gasteiger charge is 2.17. The van der Waals surface area contributed by atoms with Crippen LogP contribution in [0.25, 0.3) is 11.3 Å². The van der Waals surface area contributed by atoms with Crippen LogP contribution >= 0.6 is 0 Å². The second-order valence-electron chi connectivity index (χ2n) is 5.46. The van der Waals surface area contributed by atoms with E-state index >= 15 is 0 Å². The number of aromatic nitrogens is 2. The van der Waals surface area contributed by atoms with Gasteiger partial charge in [-0.2, -0.15) is 0 Å². The van der Waals surface area contributed by atoms with Gasteiger partial charge in [-0.05, 0) is 30.7 Å². The molecule has 8 heteroatoms. The zero-order valence-electron chi connectivity index (χ0n) is 14.4. The van der Waals surface area contributed by atoms with E-state index in [1.54, 1.807) is 6.07 Å². The highest BCUT2D eigenvalue weighted by atomic mass is 19.1. The number of nitrogens with two attached hydrogens (primary N) is 1. The smallest absolute Gasteiger partial charge is 0.246 e. The van der Waals surface area contributed by atoms with Crippen LogP contribution in [0.5, 0.6) is 5.75 Å². The lowest BCUT2D eigenvalue weighted by Gasteiger charge is -2.20. The van der Waals surface area contributed by atoms with Crippen LogP contribution in [0.15, 0.2) is 37.2 Å². The maximum absolute atomic E-state index is 13.6. The van der Waals surface area contributed by atoms with Gasteiger partial charge >= 0.3 is 0 Å². The molecule has 0 bridgehead atoms. The second-order valence-corrected chi connectivity index (χ2v) is 5.46. The number of ether oxygens (including phenoxy) is 1. The first-order valence-corrected chi connectivity index (χ1v) is 7.95. The number of hydrogen-bond donors (Lipinski definition) is 1. The maximum Gasteiger partial charge on any atom is 0.246 e. The highest BCUT2D eigenvalue weighted by Crippen LogP contribution is 2.33. The second kappa shape index (κ2) is 8.89. The Morgan fingerprint density at radius 2 is 2.15 bits per heavy atom. The third kappa shape index (κ3) is 4.53. The van der Waals surface area contributed by atoms with Crippen LogP contribution in [-0.4, -0.2) is 47.1 Å². The molecule has 2 aromatic rings. The van der Waals surface area contributed by atoms with Gasteiger partial charge in [0.05, 0.1) is 6.54 Å². The van der Waals surface area contributed by atoms with Crippen molar-refractivity contribution < 1.29 is 18.3 Å². The number of hydrogen-bond acceptors (Lipinski definition) is 5. The lowest BCUT2D eigenvalue weighted by molar-refractivity contribution is -0.126. The van der Waals surface area contributed by atoms with Gasteiger partial charge in [-0.1, -0.05) is 12.6 Å². The van der Waals surface area contributed by atoms with Gasteiger partial charge in [-0.15, -0.1) is 0 Å². The number of rotatable bonds is 8. The van der Waals surface area contributed by atoms with Crippen LogP contribution in [0.1, 0.15) is 5.56 Å². The van der Waals surface area contributed by atoms with E-state index in [1.165, 1.54) is 23.4 Å². The zero-order chi connectivity index (χ0) is 19.1. The molecule has 0 fully saturated rings. The Bertz CT molecular complexity index is 799. The van der Waals surface area contributed by atoms with Crippen molar-refractivity contribution >= 4 is 11.7 Å². The van der Waals surface area contributed by atoms with E-state index in [0.717, 1.165) is 11.6 Å². The van der Waals surface area contributed by atoms with Gasteiger partial charge in [0.1, 0.15) is 31.1 Å². The summed E-state index contributed by atoms with van der Waals surface area (Å²) in [5, 5.41) is 0. The minimum atomic E-state index is -0.677. The van der Waals surface area contributed by atoms with Crippen molar-refractivity contribution in [1.82, 2.24) is 14.9 Å². The number of nitrogen functional groups attached to an aromatic ring is 1. The van der Waals surface area contributed by atoms with E-state index in [9.17, 15) is 13.6 Å². The Labute approximate surface area is 150 Å². The lowest BCUT2D eigenvalue weighted by atomic mass is 10.0. The van der Waals surface area contributed by atoms with Crippen LogP contribution in [-0.2, 0) is 4.79 Å². The van der Waals surface area contributed by atoms with Crippen LogP contribution < -0.4 is 10.5 Å². The number of amides is 1. The summed E-state index contributed by atoms with van der Waals surface area (Å²) >= 11 is 0. The average molecular weight is 362 g/mol. The number of anilines is 1. The fraction of sp³-hybridized carbons (Fsp3) is 0.278. The normalized spacial score (nSPS) is 10.4. The third-order valence-electron chi connectivity index (χ3n) is 3.73. The van der Waals surface area contributed by atoms with E-state index in [-0.39, 0.29) is 31.3 Å². The largest absolute Gasteiger partial charge is 0.486 e. The number of benzene rings is 1. The molecule has 138 valence electrons. The summed E-state index contributed by atoms with van der Waals surface area (Å²) in [6.45, 7) is 4.62. The van der Waals surface area contributed by atoms with Gasteiger partial charge in [-0.25, -0.2) is 18.7 Å². The van der Waals surface area contributed by atoms with E-state index in [0.29, 0.717) is 11.3 Å². The highest BCUT2D eigenvalue weighted by molar-refractivity contribution is 5.87. The summed E-state index contributed by atoms with van der Waals surface area (Å²) < 4.78 is 31.9. The monoisotopic (exact) mass is 362 g/mol. The van der Waals surface area contributed by atoms with Crippen molar-refractivity contribution in [2.45, 2.75) is 6.92 Å². The van der Waals surface area contributed by atoms with Crippen LogP contribution in [0.4, 0.5) is 14.6 Å². The minimum absolute atomic E-state index is 0.0402. The van der Waals surface area contributed by atoms with Crippen LogP contribution in [0.3, 0.4) is 0 Å². The first-order chi connectivity index (χ1) is 12.5. The SMILES string of the molecule is C=CC(=O)N(CCF)CCOc1c(N)ncnc1-c1cc(F)ccc1C. The molecular weight excluding hydrogens is 342 g/mol. The third-order valence-corrected chi connectivity index (χ3v) is 3.73. The average Bonchev–Trinajstić information content (AvgIpc) is 2.63. The first-order valence-electron chi connectivity index (χ1n) is 7.95. The van der Waals surface area contributed by atoms with Crippen molar-refractivity contribution in [3.63, 3.8) is 0 Å². The number of aryl methyl sites for hydroxylation is 1. The molecule has 0 aliphatic heterocycles. The summed E-state index contributed by atoms with van der Waals surface area (Å²) in [4.78, 5) is 21.0. The number of alkyl halides is 1. The number of carbonyl (C=O) groups excluding carboxylic acids is 1. The Kier molecular flexibility index (Phi) is 6.60. The molecule has 6 nitrogen and oxygen atoms in total. The molecule has 0 spiro atoms. The summed E-state index contributed by atoms with van der Waals surface area (Å²) in [7, 11) is 0. The van der Waals surface area contributed by atoms with Gasteiger partial charge in [0.15, 0.2) is 11.6 Å². The molecule has 1 heterocycles. The zero-order valence-corrected chi connectivity index (χ0v) is 14.4. The van der Waals surface area contributed by atoms with Crippen LogP contribution in [0, 0.1) is 12.7 Å². The lowest BCUT2D eigenvalue weighted by Crippen LogP contribution is -2.35. The maximum atomic E-state index is 13.6.